The van der Waals surface area contributed by atoms with Gasteiger partial charge in [0.25, 0.3) is 0 Å². The Labute approximate surface area is 249 Å². The Morgan fingerprint density at radius 3 is 2.28 bits per heavy atom. The molecular weight excluding hydrogens is 589 g/mol. The minimum Gasteiger partial charge on any atom is -0.489 e. The van der Waals surface area contributed by atoms with E-state index >= 15 is 0 Å². The second-order valence-corrected chi connectivity index (χ2v) is 11.9. The number of aliphatic hydroxyl groups is 1. The number of aryl methyl sites for hydroxylation is 2. The van der Waals surface area contributed by atoms with Gasteiger partial charge in [-0.1, -0.05) is 30.3 Å². The molecule has 1 aliphatic rings. The molecule has 13 heteroatoms. The highest BCUT2D eigenvalue weighted by molar-refractivity contribution is 7.84. The molecule has 2 heterocycles. The summed E-state index contributed by atoms with van der Waals surface area (Å²) < 4.78 is 57.9. The summed E-state index contributed by atoms with van der Waals surface area (Å²) in [4.78, 5) is 25.0. The van der Waals surface area contributed by atoms with Crippen LogP contribution in [0.5, 0.6) is 11.6 Å². The highest BCUT2D eigenvalue weighted by Crippen LogP contribution is 2.31. The van der Waals surface area contributed by atoms with Crippen molar-refractivity contribution in [1.29, 1.82) is 0 Å². The summed E-state index contributed by atoms with van der Waals surface area (Å²) in [6.45, 7) is 8.32. The third-order valence-electron chi connectivity index (χ3n) is 6.30. The molecule has 3 aromatic rings. The van der Waals surface area contributed by atoms with Gasteiger partial charge in [-0.3, -0.25) is 9.52 Å². The minimum atomic E-state index is -5.08. The van der Waals surface area contributed by atoms with Crippen LogP contribution < -0.4 is 14.2 Å². The lowest BCUT2D eigenvalue weighted by Crippen LogP contribution is -2.22. The highest BCUT2D eigenvalue weighted by atomic mass is 32.2. The molecule has 1 aliphatic heterocycles. The molecule has 9 nitrogen and oxygen atoms in total. The molecule has 0 aliphatic carbocycles. The molecule has 2 aromatic carbocycles. The van der Waals surface area contributed by atoms with Crippen LogP contribution in [-0.2, 0) is 27.2 Å². The summed E-state index contributed by atoms with van der Waals surface area (Å²) in [6.07, 6.45) is -4.32. The average Bonchev–Trinajstić information content (AvgIpc) is 3.24. The molecule has 1 amide bonds. The molecule has 0 saturated carbocycles. The van der Waals surface area contributed by atoms with Crippen molar-refractivity contribution in [3.63, 3.8) is 0 Å². The quantitative estimate of drug-likeness (QED) is 0.291. The van der Waals surface area contributed by atoms with Crippen LogP contribution in [0.3, 0.4) is 0 Å². The molecule has 1 fully saturated rings. The predicted octanol–water partition coefficient (Wildman–Crippen LogP) is 5.34. The van der Waals surface area contributed by atoms with E-state index in [0.29, 0.717) is 31.3 Å². The van der Waals surface area contributed by atoms with Gasteiger partial charge >= 0.3 is 12.1 Å². The lowest BCUT2D eigenvalue weighted by molar-refractivity contribution is -0.192. The molecule has 232 valence electrons. The Bertz CT molecular complexity index is 1450. The number of ether oxygens (including phenoxy) is 2. The summed E-state index contributed by atoms with van der Waals surface area (Å²) in [5.74, 6) is -1.68. The largest absolute Gasteiger partial charge is 0.490 e. The third kappa shape index (κ3) is 10.1. The standard InChI is InChI=1S/C28H32N2O5S.C2HF3O2/c1-18-14-26(34-13-12-28(3,4)32)29-19(2)27(18)22-7-5-6-20(15-22)17-35-23-10-8-21(9-11-23)24-16-25(31)30-36(24)33;3-2(4,5)1(6)7/h5-11,14-15,24,32H,12-13,16-17H2,1-4H3,(H,30,31);(H,6,7). The van der Waals surface area contributed by atoms with Gasteiger partial charge in [-0.05, 0) is 68.1 Å². The summed E-state index contributed by atoms with van der Waals surface area (Å²) in [6, 6.07) is 17.5. The lowest BCUT2D eigenvalue weighted by atomic mass is 9.98. The number of carboxylic acid groups (broad SMARTS) is 1. The van der Waals surface area contributed by atoms with E-state index in [2.05, 4.69) is 21.8 Å². The second-order valence-electron chi connectivity index (χ2n) is 10.5. The van der Waals surface area contributed by atoms with Crippen molar-refractivity contribution < 1.29 is 46.7 Å². The molecule has 3 N–H and O–H groups in total. The van der Waals surface area contributed by atoms with Gasteiger partial charge in [-0.2, -0.15) is 13.2 Å². The Morgan fingerprint density at radius 2 is 1.74 bits per heavy atom. The summed E-state index contributed by atoms with van der Waals surface area (Å²) in [5, 5.41) is 16.7. The number of alkyl halides is 3. The molecule has 2 atom stereocenters. The molecular formula is C30H33F3N2O7S. The van der Waals surface area contributed by atoms with E-state index in [1.165, 1.54) is 0 Å². The fraction of sp³-hybridized carbons (Fsp3) is 0.367. The van der Waals surface area contributed by atoms with Crippen molar-refractivity contribution >= 4 is 22.9 Å². The smallest absolute Gasteiger partial charge is 0.489 e. The summed E-state index contributed by atoms with van der Waals surface area (Å²) in [5.41, 5.74) is 5.15. The van der Waals surface area contributed by atoms with E-state index in [1.54, 1.807) is 13.8 Å². The number of carboxylic acids is 1. The zero-order valence-electron chi connectivity index (χ0n) is 24.0. The van der Waals surface area contributed by atoms with Crippen LogP contribution in [0.2, 0.25) is 0 Å². The number of hydrogen-bond donors (Lipinski definition) is 3. The van der Waals surface area contributed by atoms with Crippen molar-refractivity contribution in [2.24, 2.45) is 0 Å². The normalized spacial score (nSPS) is 16.6. The predicted molar refractivity (Wildman–Crippen MR) is 154 cm³/mol. The summed E-state index contributed by atoms with van der Waals surface area (Å²) >= 11 is 0. The van der Waals surface area contributed by atoms with E-state index in [4.69, 9.17) is 19.4 Å². The first-order valence-corrected chi connectivity index (χ1v) is 14.4. The van der Waals surface area contributed by atoms with Crippen molar-refractivity contribution in [2.75, 3.05) is 6.61 Å². The number of rotatable bonds is 9. The number of nitrogens with zero attached hydrogens (tertiary/aromatic N) is 1. The Morgan fingerprint density at radius 1 is 1.09 bits per heavy atom. The SMILES string of the molecule is Cc1cc(OCCC(C)(C)O)nc(C)c1-c1cccc(COc2ccc(C3CC(=O)NS3=O)cc2)c1.O=C(O)C(F)(F)F. The van der Waals surface area contributed by atoms with Gasteiger partial charge in [0.15, 0.2) is 0 Å². The molecule has 4 rings (SSSR count). The van der Waals surface area contributed by atoms with Crippen LogP contribution in [0.1, 0.15) is 54.3 Å². The topological polar surface area (TPSA) is 135 Å². The van der Waals surface area contributed by atoms with Gasteiger partial charge < -0.3 is 19.7 Å². The first kappa shape index (κ1) is 33.5. The zero-order chi connectivity index (χ0) is 31.9. The van der Waals surface area contributed by atoms with Crippen LogP contribution in [0.4, 0.5) is 13.2 Å². The molecule has 1 aromatic heterocycles. The van der Waals surface area contributed by atoms with Gasteiger partial charge in [0, 0.05) is 30.2 Å². The third-order valence-corrected chi connectivity index (χ3v) is 7.68. The number of halogens is 3. The fourth-order valence-electron chi connectivity index (χ4n) is 4.18. The number of amides is 1. The van der Waals surface area contributed by atoms with Gasteiger partial charge in [-0.25, -0.2) is 14.0 Å². The van der Waals surface area contributed by atoms with E-state index in [9.17, 15) is 27.3 Å². The maximum absolute atomic E-state index is 12.0. The maximum Gasteiger partial charge on any atom is 0.490 e. The first-order chi connectivity index (χ1) is 20.0. The number of carbonyl (C=O) groups excluding carboxylic acids is 1. The minimum absolute atomic E-state index is 0.188. The van der Waals surface area contributed by atoms with Crippen LogP contribution in [0.15, 0.2) is 54.6 Å². The molecule has 2 unspecified atom stereocenters. The second kappa shape index (κ2) is 14.0. The van der Waals surface area contributed by atoms with E-state index in [0.717, 1.165) is 33.5 Å². The maximum atomic E-state index is 12.0. The first-order valence-electron chi connectivity index (χ1n) is 13.2. The lowest BCUT2D eigenvalue weighted by Gasteiger charge is -2.18. The van der Waals surface area contributed by atoms with Crippen molar-refractivity contribution in [3.8, 4) is 22.8 Å². The van der Waals surface area contributed by atoms with E-state index in [-0.39, 0.29) is 17.6 Å². The van der Waals surface area contributed by atoms with Crippen LogP contribution in [0.25, 0.3) is 11.1 Å². The number of aliphatic carboxylic acids is 1. The number of aromatic nitrogens is 1. The van der Waals surface area contributed by atoms with E-state index < -0.39 is 28.7 Å². The summed E-state index contributed by atoms with van der Waals surface area (Å²) in [7, 11) is -1.38. The zero-order valence-corrected chi connectivity index (χ0v) is 24.8. The van der Waals surface area contributed by atoms with Gasteiger partial charge in [-0.15, -0.1) is 0 Å². The monoisotopic (exact) mass is 622 g/mol. The molecule has 0 spiro atoms. The number of carbonyl (C=O) groups is 2. The van der Waals surface area contributed by atoms with Gasteiger partial charge in [0.1, 0.15) is 23.3 Å². The van der Waals surface area contributed by atoms with Crippen LogP contribution >= 0.6 is 0 Å². The Hall–Kier alpha value is -3.97. The van der Waals surface area contributed by atoms with Crippen molar-refractivity contribution in [3.05, 3.63) is 77.0 Å². The highest BCUT2D eigenvalue weighted by Gasteiger charge is 2.38. The number of pyridine rings is 1. The number of hydrogen-bond acceptors (Lipinski definition) is 7. The number of benzene rings is 2. The molecule has 1 saturated heterocycles. The van der Waals surface area contributed by atoms with Gasteiger partial charge in [0.05, 0.1) is 17.5 Å². The fourth-order valence-corrected chi connectivity index (χ4v) is 5.34. The van der Waals surface area contributed by atoms with Crippen molar-refractivity contribution in [1.82, 2.24) is 9.71 Å². The Kier molecular flexibility index (Phi) is 10.9. The molecule has 0 radical (unpaired) electrons. The average molecular weight is 623 g/mol. The molecule has 43 heavy (non-hydrogen) atoms. The van der Waals surface area contributed by atoms with Crippen molar-refractivity contribution in [2.45, 2.75) is 64.2 Å². The number of nitrogens with one attached hydrogen (secondary N) is 1. The van der Waals surface area contributed by atoms with Gasteiger partial charge in [0.2, 0.25) is 11.8 Å². The Balaban J connectivity index is 0.000000646. The molecule has 0 bridgehead atoms. The van der Waals surface area contributed by atoms with Crippen LogP contribution in [-0.4, -0.2) is 49.7 Å². The van der Waals surface area contributed by atoms with E-state index in [1.807, 2.05) is 56.3 Å². The van der Waals surface area contributed by atoms with Crippen LogP contribution in [0, 0.1) is 13.8 Å².